The van der Waals surface area contributed by atoms with Crippen LogP contribution in [0.2, 0.25) is 0 Å². The van der Waals surface area contributed by atoms with Gasteiger partial charge in [0.1, 0.15) is 19.4 Å². The number of ether oxygens (including phenoxy) is 3. The molecule has 0 saturated heterocycles. The number of fused-ring (bicyclic) bond motifs is 1. The molecule has 0 aromatic carbocycles. The molecule has 30 heavy (non-hydrogen) atoms. The molecule has 1 heterocycles. The van der Waals surface area contributed by atoms with Crippen molar-refractivity contribution in [1.82, 2.24) is 14.8 Å². The molecule has 5 atom stereocenters. The van der Waals surface area contributed by atoms with Crippen LogP contribution in [0.3, 0.4) is 0 Å². The molecular formula is C23H41N3O4. The molecule has 172 valence electrons. The Morgan fingerprint density at radius 3 is 2.70 bits per heavy atom. The molecule has 0 bridgehead atoms. The van der Waals surface area contributed by atoms with Crippen LogP contribution >= 0.6 is 0 Å². The zero-order valence-corrected chi connectivity index (χ0v) is 19.5. The first-order valence-corrected chi connectivity index (χ1v) is 11.4. The van der Waals surface area contributed by atoms with Crippen LogP contribution in [-0.4, -0.2) is 58.7 Å². The van der Waals surface area contributed by atoms with Crippen LogP contribution in [0.15, 0.2) is 12.7 Å². The van der Waals surface area contributed by atoms with Crippen molar-refractivity contribution >= 4 is 0 Å². The normalized spacial score (nSPS) is 34.5. The fourth-order valence-corrected chi connectivity index (χ4v) is 6.62. The maximum Gasteiger partial charge on any atom is 0.147 e. The van der Waals surface area contributed by atoms with Crippen molar-refractivity contribution in [1.29, 1.82) is 0 Å². The third-order valence-electron chi connectivity index (χ3n) is 7.97. The van der Waals surface area contributed by atoms with E-state index in [-0.39, 0.29) is 11.0 Å². The van der Waals surface area contributed by atoms with Gasteiger partial charge < -0.3 is 19.3 Å². The maximum atomic E-state index is 10.2. The monoisotopic (exact) mass is 423 g/mol. The second-order valence-electron chi connectivity index (χ2n) is 10.5. The van der Waals surface area contributed by atoms with Gasteiger partial charge in [-0.05, 0) is 61.7 Å². The van der Waals surface area contributed by atoms with Crippen LogP contribution in [0.5, 0.6) is 0 Å². The lowest BCUT2D eigenvalue weighted by Gasteiger charge is -2.62. The molecule has 2 aliphatic carbocycles. The lowest BCUT2D eigenvalue weighted by atomic mass is 9.45. The Kier molecular flexibility index (Phi) is 7.59. The van der Waals surface area contributed by atoms with Gasteiger partial charge in [-0.3, -0.25) is 4.68 Å². The van der Waals surface area contributed by atoms with E-state index < -0.39 is 6.10 Å². The van der Waals surface area contributed by atoms with E-state index in [4.69, 9.17) is 14.2 Å². The van der Waals surface area contributed by atoms with Crippen LogP contribution in [0.1, 0.15) is 66.2 Å². The molecule has 7 heteroatoms. The number of aliphatic hydroxyl groups excluding tert-OH is 1. The minimum absolute atomic E-state index is 0.211. The Hall–Kier alpha value is -1.02. The molecule has 0 amide bonds. The Labute approximate surface area is 181 Å². The van der Waals surface area contributed by atoms with Crippen molar-refractivity contribution in [2.75, 3.05) is 27.1 Å². The van der Waals surface area contributed by atoms with Crippen LogP contribution < -0.4 is 0 Å². The maximum absolute atomic E-state index is 10.2. The molecule has 7 nitrogen and oxygen atoms in total. The van der Waals surface area contributed by atoms with Crippen LogP contribution in [0.25, 0.3) is 0 Å². The van der Waals surface area contributed by atoms with E-state index >= 15 is 0 Å². The van der Waals surface area contributed by atoms with Crippen molar-refractivity contribution in [2.24, 2.45) is 22.7 Å². The summed E-state index contributed by atoms with van der Waals surface area (Å²) < 4.78 is 19.1. The predicted octanol–water partition coefficient (Wildman–Crippen LogP) is 3.67. The summed E-state index contributed by atoms with van der Waals surface area (Å²) in [7, 11) is 1.69. The van der Waals surface area contributed by atoms with E-state index in [1.54, 1.807) is 18.1 Å². The second kappa shape index (κ2) is 9.63. The number of hydrogen-bond donors (Lipinski definition) is 1. The van der Waals surface area contributed by atoms with Gasteiger partial charge >= 0.3 is 0 Å². The fourth-order valence-electron chi connectivity index (χ4n) is 6.62. The van der Waals surface area contributed by atoms with Crippen molar-refractivity contribution < 1.29 is 19.3 Å². The van der Waals surface area contributed by atoms with Gasteiger partial charge in [0.25, 0.3) is 0 Å². The molecule has 1 aromatic rings. The summed E-state index contributed by atoms with van der Waals surface area (Å²) >= 11 is 0. The molecule has 1 unspecified atom stereocenters. The summed E-state index contributed by atoms with van der Waals surface area (Å²) in [6.07, 6.45) is 9.50. The minimum atomic E-state index is -0.592. The molecule has 1 N–H and O–H groups in total. The molecule has 2 fully saturated rings. The quantitative estimate of drug-likeness (QED) is 0.457. The van der Waals surface area contributed by atoms with Gasteiger partial charge in [-0.1, -0.05) is 27.2 Å². The van der Waals surface area contributed by atoms with E-state index in [0.29, 0.717) is 43.8 Å². The topological polar surface area (TPSA) is 78.6 Å². The summed E-state index contributed by atoms with van der Waals surface area (Å²) in [6, 6.07) is 0. The second-order valence-corrected chi connectivity index (χ2v) is 10.5. The zero-order valence-electron chi connectivity index (χ0n) is 19.5. The molecule has 0 radical (unpaired) electrons. The third-order valence-corrected chi connectivity index (χ3v) is 7.97. The number of methoxy groups -OCH3 is 1. The number of aromatic nitrogens is 3. The molecule has 2 aliphatic rings. The largest absolute Gasteiger partial charge is 0.389 e. The summed E-state index contributed by atoms with van der Waals surface area (Å²) in [4.78, 5) is 3.91. The van der Waals surface area contributed by atoms with Gasteiger partial charge in [-0.25, -0.2) is 4.98 Å². The van der Waals surface area contributed by atoms with Gasteiger partial charge in [0.15, 0.2) is 0 Å². The lowest BCUT2D eigenvalue weighted by molar-refractivity contribution is -0.224. The summed E-state index contributed by atoms with van der Waals surface area (Å²) in [5, 5.41) is 14.3. The van der Waals surface area contributed by atoms with E-state index in [9.17, 15) is 5.11 Å². The first-order valence-electron chi connectivity index (χ1n) is 11.4. The van der Waals surface area contributed by atoms with Crippen molar-refractivity contribution in [3.05, 3.63) is 12.7 Å². The number of hydrogen-bond acceptors (Lipinski definition) is 6. The minimum Gasteiger partial charge on any atom is -0.389 e. The van der Waals surface area contributed by atoms with Crippen molar-refractivity contribution in [3.8, 4) is 0 Å². The highest BCUT2D eigenvalue weighted by molar-refractivity contribution is 5.07. The van der Waals surface area contributed by atoms with Crippen molar-refractivity contribution in [2.45, 2.75) is 84.5 Å². The summed E-state index contributed by atoms with van der Waals surface area (Å²) in [6.45, 7) is 11.3. The van der Waals surface area contributed by atoms with Crippen LogP contribution in [0.4, 0.5) is 0 Å². The first kappa shape index (κ1) is 23.6. The highest BCUT2D eigenvalue weighted by atomic mass is 16.7. The average Bonchev–Trinajstić information content (AvgIpc) is 3.17. The first-order chi connectivity index (χ1) is 14.2. The molecule has 3 rings (SSSR count). The molecule has 0 spiro atoms. The van der Waals surface area contributed by atoms with E-state index in [1.165, 1.54) is 32.0 Å². The third kappa shape index (κ3) is 5.06. The van der Waals surface area contributed by atoms with Crippen molar-refractivity contribution in [3.63, 3.8) is 0 Å². The summed E-state index contributed by atoms with van der Waals surface area (Å²) in [5.41, 5.74) is 0.380. The zero-order chi connectivity index (χ0) is 21.8. The Bertz CT molecular complexity index is 653. The van der Waals surface area contributed by atoms with E-state index in [1.807, 2.05) is 0 Å². The van der Waals surface area contributed by atoms with E-state index in [2.05, 4.69) is 37.8 Å². The van der Waals surface area contributed by atoms with Crippen LogP contribution in [-0.2, 0) is 20.8 Å². The fraction of sp³-hybridized carbons (Fsp3) is 0.913. The Balaban J connectivity index is 1.64. The molecular weight excluding hydrogens is 382 g/mol. The number of rotatable bonds is 10. The van der Waals surface area contributed by atoms with Gasteiger partial charge in [-0.15, -0.1) is 0 Å². The Morgan fingerprint density at radius 2 is 2.00 bits per heavy atom. The van der Waals surface area contributed by atoms with Gasteiger partial charge in [0.05, 0.1) is 24.9 Å². The SMILES string of the molecule is COCO[C@]1(C)CC[C@H]2C(C)(C)CCC[C@]2(C)[C@H]1CCOCC(O)Cn1cncn1. The number of nitrogens with zero attached hydrogens (tertiary/aromatic N) is 3. The average molecular weight is 424 g/mol. The van der Waals surface area contributed by atoms with Gasteiger partial charge in [0, 0.05) is 13.7 Å². The standard InChI is InChI=1S/C23H41N3O4/c1-21(2)9-6-10-22(3)19(21)7-11-23(4,30-17-28-5)20(22)8-12-29-14-18(27)13-26-16-24-15-25-26/h15-16,18-20,27H,6-14,17H2,1-5H3/t18?,19-,20+,22-,23+/m0/s1. The predicted molar refractivity (Wildman–Crippen MR) is 115 cm³/mol. The van der Waals surface area contributed by atoms with Gasteiger partial charge in [0.2, 0.25) is 0 Å². The van der Waals surface area contributed by atoms with E-state index in [0.717, 1.165) is 12.8 Å². The smallest absolute Gasteiger partial charge is 0.147 e. The Morgan fingerprint density at radius 1 is 1.20 bits per heavy atom. The van der Waals surface area contributed by atoms with Crippen LogP contribution in [0, 0.1) is 22.7 Å². The molecule has 0 aliphatic heterocycles. The molecule has 2 saturated carbocycles. The van der Waals surface area contributed by atoms with Gasteiger partial charge in [-0.2, -0.15) is 5.10 Å². The summed E-state index contributed by atoms with van der Waals surface area (Å²) in [5.74, 6) is 1.09. The highest BCUT2D eigenvalue weighted by Crippen LogP contribution is 2.63. The molecule has 1 aromatic heterocycles. The lowest BCUT2D eigenvalue weighted by Crippen LogP contribution is -2.58. The number of aliphatic hydroxyl groups is 1. The highest BCUT2D eigenvalue weighted by Gasteiger charge is 2.58.